The molecule has 2 aliphatic rings. The Hall–Kier alpha value is -0.0400. The summed E-state index contributed by atoms with van der Waals surface area (Å²) in [5, 5.41) is 0. The van der Waals surface area contributed by atoms with E-state index in [1.807, 2.05) is 4.90 Å². The highest BCUT2D eigenvalue weighted by Crippen LogP contribution is 2.22. The van der Waals surface area contributed by atoms with Crippen LogP contribution in [0.4, 0.5) is 0 Å². The molecule has 0 unspecified atom stereocenters. The minimum atomic E-state index is 1.00. The smallest absolute Gasteiger partial charge is 0.0799 e. The number of nitrogens with one attached hydrogen (secondary N) is 1. The molecule has 0 aromatic carbocycles. The van der Waals surface area contributed by atoms with Gasteiger partial charge in [0, 0.05) is 5.92 Å². The lowest BCUT2D eigenvalue weighted by Crippen LogP contribution is -3.13. The molecular formula is C13H26N+. The van der Waals surface area contributed by atoms with Crippen molar-refractivity contribution in [3.8, 4) is 0 Å². The molecule has 0 radical (unpaired) electrons. The summed E-state index contributed by atoms with van der Waals surface area (Å²) >= 11 is 0. The van der Waals surface area contributed by atoms with Crippen LogP contribution in [0.1, 0.15) is 51.9 Å². The quantitative estimate of drug-likeness (QED) is 0.688. The second kappa shape index (κ2) is 5.16. The van der Waals surface area contributed by atoms with Crippen molar-refractivity contribution in [1.82, 2.24) is 0 Å². The molecule has 14 heavy (non-hydrogen) atoms. The molecule has 0 bridgehead atoms. The predicted molar refractivity (Wildman–Crippen MR) is 60.5 cm³/mol. The van der Waals surface area contributed by atoms with Crippen molar-refractivity contribution in [2.45, 2.75) is 51.9 Å². The topological polar surface area (TPSA) is 4.44 Å². The normalized spacial score (nSPS) is 35.8. The molecule has 1 saturated heterocycles. The molecule has 1 aliphatic carbocycles. The van der Waals surface area contributed by atoms with E-state index >= 15 is 0 Å². The van der Waals surface area contributed by atoms with Crippen LogP contribution in [0.2, 0.25) is 0 Å². The third kappa shape index (κ3) is 2.98. The van der Waals surface area contributed by atoms with Crippen LogP contribution in [0.3, 0.4) is 0 Å². The van der Waals surface area contributed by atoms with E-state index in [-0.39, 0.29) is 0 Å². The maximum Gasteiger partial charge on any atom is 0.0799 e. The van der Waals surface area contributed by atoms with Crippen molar-refractivity contribution in [3.05, 3.63) is 0 Å². The fraction of sp³-hybridized carbons (Fsp3) is 1.00. The second-order valence-electron chi connectivity index (χ2n) is 5.64. The highest BCUT2D eigenvalue weighted by molar-refractivity contribution is 4.65. The van der Waals surface area contributed by atoms with Gasteiger partial charge in [-0.2, -0.15) is 0 Å². The molecule has 0 aromatic rings. The van der Waals surface area contributed by atoms with E-state index in [4.69, 9.17) is 0 Å². The molecule has 0 atom stereocenters. The first-order chi connectivity index (χ1) is 6.84. The molecule has 0 amide bonds. The van der Waals surface area contributed by atoms with E-state index in [9.17, 15) is 0 Å². The van der Waals surface area contributed by atoms with Crippen LogP contribution in [0, 0.1) is 11.8 Å². The monoisotopic (exact) mass is 196 g/mol. The van der Waals surface area contributed by atoms with Crippen LogP contribution < -0.4 is 4.90 Å². The largest absolute Gasteiger partial charge is 0.335 e. The van der Waals surface area contributed by atoms with Gasteiger partial charge in [0.05, 0.1) is 19.6 Å². The summed E-state index contributed by atoms with van der Waals surface area (Å²) in [4.78, 5) is 1.91. The number of hydrogen-bond donors (Lipinski definition) is 1. The zero-order valence-electron chi connectivity index (χ0n) is 9.73. The Balaban J connectivity index is 1.68. The van der Waals surface area contributed by atoms with Crippen LogP contribution in [-0.4, -0.2) is 19.6 Å². The van der Waals surface area contributed by atoms with Crippen molar-refractivity contribution in [2.24, 2.45) is 11.8 Å². The van der Waals surface area contributed by atoms with Crippen LogP contribution in [0.5, 0.6) is 0 Å². The van der Waals surface area contributed by atoms with Gasteiger partial charge in [-0.15, -0.1) is 0 Å². The van der Waals surface area contributed by atoms with E-state index in [0.717, 1.165) is 11.8 Å². The minimum absolute atomic E-state index is 1.00. The minimum Gasteiger partial charge on any atom is -0.335 e. The molecule has 1 N–H and O–H groups in total. The Labute approximate surface area is 88.9 Å². The molecule has 0 spiro atoms. The SMILES string of the molecule is CC1CC[NH+](CC2CCCCC2)CC1. The summed E-state index contributed by atoms with van der Waals surface area (Å²) in [6.07, 6.45) is 10.5. The first-order valence-corrected chi connectivity index (χ1v) is 6.68. The van der Waals surface area contributed by atoms with E-state index in [1.54, 1.807) is 0 Å². The lowest BCUT2D eigenvalue weighted by molar-refractivity contribution is -0.909. The summed E-state index contributed by atoms with van der Waals surface area (Å²) < 4.78 is 0. The highest BCUT2D eigenvalue weighted by Gasteiger charge is 2.23. The number of rotatable bonds is 2. The van der Waals surface area contributed by atoms with Gasteiger partial charge >= 0.3 is 0 Å². The van der Waals surface area contributed by atoms with E-state index < -0.39 is 0 Å². The molecular weight excluding hydrogens is 170 g/mol. The summed E-state index contributed by atoms with van der Waals surface area (Å²) in [6, 6.07) is 0. The fourth-order valence-electron chi connectivity index (χ4n) is 3.17. The third-order valence-corrected chi connectivity index (χ3v) is 4.28. The van der Waals surface area contributed by atoms with Gasteiger partial charge in [0.1, 0.15) is 0 Å². The van der Waals surface area contributed by atoms with E-state index in [1.165, 1.54) is 64.6 Å². The maximum absolute atomic E-state index is 2.41. The first-order valence-electron chi connectivity index (χ1n) is 6.68. The Kier molecular flexibility index (Phi) is 3.86. The molecule has 1 aliphatic heterocycles. The lowest BCUT2D eigenvalue weighted by Gasteiger charge is -2.31. The Morgan fingerprint density at radius 1 is 0.929 bits per heavy atom. The molecule has 1 saturated carbocycles. The predicted octanol–water partition coefficient (Wildman–Crippen LogP) is 1.88. The number of hydrogen-bond acceptors (Lipinski definition) is 0. The highest BCUT2D eigenvalue weighted by atomic mass is 15.1. The summed E-state index contributed by atoms with van der Waals surface area (Å²) in [7, 11) is 0. The van der Waals surface area contributed by atoms with Gasteiger partial charge in [-0.25, -0.2) is 0 Å². The molecule has 0 aromatic heterocycles. The zero-order valence-corrected chi connectivity index (χ0v) is 9.73. The van der Waals surface area contributed by atoms with Gasteiger partial charge in [0.2, 0.25) is 0 Å². The van der Waals surface area contributed by atoms with Crippen molar-refractivity contribution in [1.29, 1.82) is 0 Å². The summed E-state index contributed by atoms with van der Waals surface area (Å²) in [5.74, 6) is 2.08. The molecule has 82 valence electrons. The van der Waals surface area contributed by atoms with Crippen LogP contribution in [-0.2, 0) is 0 Å². The van der Waals surface area contributed by atoms with E-state index in [0.29, 0.717) is 0 Å². The molecule has 1 nitrogen and oxygen atoms in total. The van der Waals surface area contributed by atoms with Gasteiger partial charge < -0.3 is 4.90 Å². The second-order valence-corrected chi connectivity index (χ2v) is 5.64. The standard InChI is InChI=1S/C13H25N/c1-12-7-9-14(10-8-12)11-13-5-3-2-4-6-13/h12-13H,2-11H2,1H3/p+1. The van der Waals surface area contributed by atoms with Gasteiger partial charge in [0.15, 0.2) is 0 Å². The number of likely N-dealkylation sites (tertiary alicyclic amines) is 1. The maximum atomic E-state index is 2.41. The van der Waals surface area contributed by atoms with Crippen molar-refractivity contribution < 1.29 is 4.90 Å². The Morgan fingerprint density at radius 2 is 1.57 bits per heavy atom. The molecule has 2 rings (SSSR count). The van der Waals surface area contributed by atoms with Crippen LogP contribution in [0.25, 0.3) is 0 Å². The average molecular weight is 196 g/mol. The molecule has 1 heterocycles. The molecule has 2 fully saturated rings. The van der Waals surface area contributed by atoms with E-state index in [2.05, 4.69) is 6.92 Å². The van der Waals surface area contributed by atoms with Crippen LogP contribution >= 0.6 is 0 Å². The van der Waals surface area contributed by atoms with Crippen molar-refractivity contribution in [3.63, 3.8) is 0 Å². The zero-order chi connectivity index (χ0) is 9.80. The number of quaternary nitrogens is 1. The van der Waals surface area contributed by atoms with Gasteiger partial charge in [-0.05, 0) is 31.6 Å². The molecule has 1 heteroatoms. The fourth-order valence-corrected chi connectivity index (χ4v) is 3.17. The van der Waals surface area contributed by atoms with Gasteiger partial charge in [-0.3, -0.25) is 0 Å². The van der Waals surface area contributed by atoms with Gasteiger partial charge in [0.25, 0.3) is 0 Å². The van der Waals surface area contributed by atoms with Gasteiger partial charge in [-0.1, -0.05) is 26.2 Å². The Morgan fingerprint density at radius 3 is 2.21 bits per heavy atom. The lowest BCUT2D eigenvalue weighted by atomic mass is 9.88. The first kappa shape index (κ1) is 10.5. The van der Waals surface area contributed by atoms with Crippen molar-refractivity contribution >= 4 is 0 Å². The van der Waals surface area contributed by atoms with Crippen molar-refractivity contribution in [2.75, 3.05) is 19.6 Å². The average Bonchev–Trinajstić information content (AvgIpc) is 2.23. The summed E-state index contributed by atoms with van der Waals surface area (Å²) in [5.41, 5.74) is 0. The van der Waals surface area contributed by atoms with Crippen LogP contribution in [0.15, 0.2) is 0 Å². The number of piperidine rings is 1. The summed E-state index contributed by atoms with van der Waals surface area (Å²) in [6.45, 7) is 6.82. The Bertz CT molecular complexity index is 153. The third-order valence-electron chi connectivity index (χ3n) is 4.28.